The molecule has 1 aromatic carbocycles. The largest absolute Gasteiger partial charge is 0.454 e. The summed E-state index contributed by atoms with van der Waals surface area (Å²) in [6, 6.07) is 4.11. The summed E-state index contributed by atoms with van der Waals surface area (Å²) < 4.78 is 10.8. The second kappa shape index (κ2) is 5.58. The van der Waals surface area contributed by atoms with Gasteiger partial charge in [0, 0.05) is 6.07 Å². The number of imide groups is 1. The first kappa shape index (κ1) is 13.7. The van der Waals surface area contributed by atoms with Crippen LogP contribution >= 0.6 is 22.9 Å². The van der Waals surface area contributed by atoms with Crippen LogP contribution in [0.25, 0.3) is 0 Å². The van der Waals surface area contributed by atoms with Crippen LogP contribution in [-0.2, 0) is 4.79 Å². The number of nitrogens with one attached hydrogen (secondary N) is 1. The molecule has 0 atom stereocenters. The predicted octanol–water partition coefficient (Wildman–Crippen LogP) is 2.72. The first-order valence-corrected chi connectivity index (χ1v) is 6.93. The molecule has 0 bridgehead atoms. The minimum Gasteiger partial charge on any atom is -0.454 e. The molecule has 0 unspecified atom stereocenters. The molecule has 108 valence electrons. The Morgan fingerprint density at radius 2 is 2.24 bits per heavy atom. The van der Waals surface area contributed by atoms with E-state index in [1.54, 1.807) is 18.2 Å². The number of ether oxygens (including phenoxy) is 2. The van der Waals surface area contributed by atoms with E-state index in [-0.39, 0.29) is 6.79 Å². The SMILES string of the molecule is O=CN(C(=O)Nc1ncc(Cl)s1)c1ccc2c(c1)OCO2. The first-order valence-electron chi connectivity index (χ1n) is 5.74. The van der Waals surface area contributed by atoms with Gasteiger partial charge in [-0.1, -0.05) is 22.9 Å². The van der Waals surface area contributed by atoms with Gasteiger partial charge in [-0.05, 0) is 12.1 Å². The van der Waals surface area contributed by atoms with Crippen molar-refractivity contribution in [2.45, 2.75) is 0 Å². The van der Waals surface area contributed by atoms with Crippen LogP contribution in [0.1, 0.15) is 0 Å². The van der Waals surface area contributed by atoms with Crippen molar-refractivity contribution in [2.75, 3.05) is 17.0 Å². The van der Waals surface area contributed by atoms with Crippen LogP contribution in [0, 0.1) is 0 Å². The van der Waals surface area contributed by atoms with E-state index < -0.39 is 6.03 Å². The highest BCUT2D eigenvalue weighted by Crippen LogP contribution is 2.35. The summed E-state index contributed by atoms with van der Waals surface area (Å²) >= 11 is 6.82. The van der Waals surface area contributed by atoms with Gasteiger partial charge in [0.2, 0.25) is 13.2 Å². The van der Waals surface area contributed by atoms with E-state index in [1.807, 2.05) is 0 Å². The van der Waals surface area contributed by atoms with Crippen LogP contribution in [0.3, 0.4) is 0 Å². The zero-order valence-electron chi connectivity index (χ0n) is 10.4. The number of aromatic nitrogens is 1. The number of rotatable bonds is 3. The number of amides is 3. The van der Waals surface area contributed by atoms with Gasteiger partial charge in [-0.25, -0.2) is 14.7 Å². The highest BCUT2D eigenvalue weighted by Gasteiger charge is 2.20. The van der Waals surface area contributed by atoms with Gasteiger partial charge in [0.15, 0.2) is 16.6 Å². The molecule has 0 radical (unpaired) electrons. The molecule has 1 aliphatic heterocycles. The van der Waals surface area contributed by atoms with E-state index >= 15 is 0 Å². The number of thiazole rings is 1. The van der Waals surface area contributed by atoms with Gasteiger partial charge in [-0.2, -0.15) is 0 Å². The summed E-state index contributed by atoms with van der Waals surface area (Å²) in [7, 11) is 0. The van der Waals surface area contributed by atoms with Crippen molar-refractivity contribution in [3.63, 3.8) is 0 Å². The first-order chi connectivity index (χ1) is 10.2. The molecule has 2 aromatic rings. The standard InChI is InChI=1S/C12H8ClN3O4S/c13-10-4-14-11(21-10)15-12(18)16(5-17)7-1-2-8-9(3-7)20-6-19-8/h1-5H,6H2,(H,14,15,18). The lowest BCUT2D eigenvalue weighted by atomic mass is 10.2. The topological polar surface area (TPSA) is 80.8 Å². The van der Waals surface area contributed by atoms with E-state index in [0.29, 0.717) is 33.1 Å². The second-order valence-corrected chi connectivity index (χ2v) is 5.57. The molecular weight excluding hydrogens is 318 g/mol. The average molecular weight is 326 g/mol. The van der Waals surface area contributed by atoms with Gasteiger partial charge >= 0.3 is 6.03 Å². The van der Waals surface area contributed by atoms with E-state index in [9.17, 15) is 9.59 Å². The monoisotopic (exact) mass is 325 g/mol. The van der Waals surface area contributed by atoms with Crippen LogP contribution in [0.2, 0.25) is 4.34 Å². The normalized spacial score (nSPS) is 12.0. The van der Waals surface area contributed by atoms with Crippen LogP contribution in [0.5, 0.6) is 11.5 Å². The number of fused-ring (bicyclic) bond motifs is 1. The molecule has 9 heteroatoms. The van der Waals surface area contributed by atoms with Crippen molar-refractivity contribution in [2.24, 2.45) is 0 Å². The molecule has 21 heavy (non-hydrogen) atoms. The van der Waals surface area contributed by atoms with Crippen LogP contribution in [0.15, 0.2) is 24.4 Å². The third-order valence-corrected chi connectivity index (χ3v) is 3.68. The summed E-state index contributed by atoms with van der Waals surface area (Å²) in [5.41, 5.74) is 0.356. The number of urea groups is 1. The quantitative estimate of drug-likeness (QED) is 0.878. The van der Waals surface area contributed by atoms with Crippen molar-refractivity contribution in [1.82, 2.24) is 4.98 Å². The molecule has 1 aromatic heterocycles. The minimum atomic E-state index is -0.644. The van der Waals surface area contributed by atoms with Crippen LogP contribution in [0.4, 0.5) is 15.6 Å². The smallest absolute Gasteiger partial charge is 0.334 e. The van der Waals surface area contributed by atoms with Gasteiger partial charge < -0.3 is 9.47 Å². The molecule has 3 amide bonds. The van der Waals surface area contributed by atoms with E-state index in [4.69, 9.17) is 21.1 Å². The molecule has 2 heterocycles. The summed E-state index contributed by atoms with van der Waals surface area (Å²) in [4.78, 5) is 28.1. The average Bonchev–Trinajstić information content (AvgIpc) is 3.08. The number of hydrogen-bond acceptors (Lipinski definition) is 6. The Labute approximate surface area is 128 Å². The molecular formula is C12H8ClN3O4S. The number of nitrogens with zero attached hydrogens (tertiary/aromatic N) is 2. The molecule has 1 aliphatic rings. The number of anilines is 2. The Hall–Kier alpha value is -2.32. The number of carbonyl (C=O) groups excluding carboxylic acids is 2. The maximum absolute atomic E-state index is 12.1. The van der Waals surface area contributed by atoms with Crippen LogP contribution in [-0.4, -0.2) is 24.2 Å². The molecule has 0 spiro atoms. The van der Waals surface area contributed by atoms with Gasteiger partial charge in [0.25, 0.3) is 0 Å². The third kappa shape index (κ3) is 2.76. The summed E-state index contributed by atoms with van der Waals surface area (Å²) in [6.07, 6.45) is 1.82. The Bertz CT molecular complexity index is 706. The summed E-state index contributed by atoms with van der Waals surface area (Å²) in [5.74, 6) is 1.04. The van der Waals surface area contributed by atoms with Gasteiger partial charge in [0.05, 0.1) is 11.9 Å². The summed E-state index contributed by atoms with van der Waals surface area (Å²) in [5, 5.41) is 2.79. The van der Waals surface area contributed by atoms with Gasteiger partial charge in [-0.3, -0.25) is 10.1 Å². The highest BCUT2D eigenvalue weighted by molar-refractivity contribution is 7.19. The van der Waals surface area contributed by atoms with E-state index in [2.05, 4.69) is 10.3 Å². The summed E-state index contributed by atoms with van der Waals surface area (Å²) in [6.45, 7) is 0.115. The number of carbonyl (C=O) groups is 2. The van der Waals surface area contributed by atoms with Crippen molar-refractivity contribution in [1.29, 1.82) is 0 Å². The Morgan fingerprint density at radius 1 is 1.43 bits per heavy atom. The number of halogens is 1. The van der Waals surface area contributed by atoms with Gasteiger partial charge in [-0.15, -0.1) is 0 Å². The number of hydrogen-bond donors (Lipinski definition) is 1. The highest BCUT2D eigenvalue weighted by atomic mass is 35.5. The molecule has 7 nitrogen and oxygen atoms in total. The van der Waals surface area contributed by atoms with Crippen LogP contribution < -0.4 is 19.7 Å². The Kier molecular flexibility index (Phi) is 3.63. The molecule has 0 saturated heterocycles. The van der Waals surface area contributed by atoms with Crippen molar-refractivity contribution in [3.8, 4) is 11.5 Å². The third-order valence-electron chi connectivity index (χ3n) is 2.65. The minimum absolute atomic E-state index is 0.115. The lowest BCUT2D eigenvalue weighted by Crippen LogP contribution is -2.33. The van der Waals surface area contributed by atoms with Crippen molar-refractivity contribution >= 4 is 46.2 Å². The van der Waals surface area contributed by atoms with Crippen molar-refractivity contribution in [3.05, 3.63) is 28.7 Å². The molecule has 1 N–H and O–H groups in total. The van der Waals surface area contributed by atoms with Gasteiger partial charge in [0.1, 0.15) is 4.34 Å². The molecule has 0 aliphatic carbocycles. The van der Waals surface area contributed by atoms with E-state index in [1.165, 1.54) is 6.20 Å². The maximum Gasteiger partial charge on any atom is 0.334 e. The number of benzene rings is 1. The Morgan fingerprint density at radius 3 is 2.95 bits per heavy atom. The predicted molar refractivity (Wildman–Crippen MR) is 77.3 cm³/mol. The second-order valence-electron chi connectivity index (χ2n) is 3.91. The van der Waals surface area contributed by atoms with E-state index in [0.717, 1.165) is 16.2 Å². The Balaban J connectivity index is 1.81. The molecule has 3 rings (SSSR count). The van der Waals surface area contributed by atoms with Crippen molar-refractivity contribution < 1.29 is 19.1 Å². The lowest BCUT2D eigenvalue weighted by Gasteiger charge is -2.15. The fourth-order valence-electron chi connectivity index (χ4n) is 1.72. The lowest BCUT2D eigenvalue weighted by molar-refractivity contribution is -0.106. The molecule has 0 saturated carbocycles. The maximum atomic E-state index is 12.1. The zero-order valence-corrected chi connectivity index (χ0v) is 12.0. The fraction of sp³-hybridized carbons (Fsp3) is 0.0833. The molecule has 0 fully saturated rings. The zero-order chi connectivity index (χ0) is 14.8. The fourth-order valence-corrected chi connectivity index (χ4v) is 2.53.